The van der Waals surface area contributed by atoms with Crippen LogP contribution in [0.25, 0.3) is 0 Å². The second kappa shape index (κ2) is 7.02. The molecule has 1 aliphatic rings. The van der Waals surface area contributed by atoms with Crippen LogP contribution in [0.5, 0.6) is 0 Å². The van der Waals surface area contributed by atoms with Crippen molar-refractivity contribution in [3.05, 3.63) is 11.7 Å². The maximum Gasteiger partial charge on any atom is 0.411 e. The molecule has 8 heteroatoms. The number of carbonyl (C=O) groups excluding carboxylic acids is 1. The predicted molar refractivity (Wildman–Crippen MR) is 65.7 cm³/mol. The molecule has 118 valence electrons. The van der Waals surface area contributed by atoms with E-state index in [1.165, 1.54) is 0 Å². The van der Waals surface area contributed by atoms with Gasteiger partial charge in [-0.25, -0.2) is 0 Å². The summed E-state index contributed by atoms with van der Waals surface area (Å²) in [7, 11) is 0. The van der Waals surface area contributed by atoms with E-state index in [4.69, 9.17) is 4.52 Å². The van der Waals surface area contributed by atoms with E-state index < -0.39 is 12.8 Å². The Labute approximate surface area is 119 Å². The predicted octanol–water partition coefficient (Wildman–Crippen LogP) is 2.81. The molecule has 2 rings (SSSR count). The van der Waals surface area contributed by atoms with Gasteiger partial charge in [-0.2, -0.15) is 18.2 Å². The highest BCUT2D eigenvalue weighted by molar-refractivity contribution is 5.84. The van der Waals surface area contributed by atoms with Crippen molar-refractivity contribution in [3.8, 4) is 0 Å². The molecule has 0 bridgehead atoms. The third kappa shape index (κ3) is 5.11. The van der Waals surface area contributed by atoms with Crippen LogP contribution in [0.1, 0.15) is 49.7 Å². The standard InChI is InChI=1S/C13H17F3N2O3/c14-13(15,16)8-20-7-6-11-17-12(21-18-11)9-4-2-1-3-5-10(9)19/h9H,1-8H2. The number of ether oxygens (including phenoxy) is 1. The lowest BCUT2D eigenvalue weighted by atomic mass is 9.99. The summed E-state index contributed by atoms with van der Waals surface area (Å²) in [5, 5.41) is 3.69. The van der Waals surface area contributed by atoms with Gasteiger partial charge in [-0.3, -0.25) is 4.79 Å². The van der Waals surface area contributed by atoms with Gasteiger partial charge in [-0.1, -0.05) is 18.0 Å². The van der Waals surface area contributed by atoms with Crippen molar-refractivity contribution in [1.82, 2.24) is 10.1 Å². The quantitative estimate of drug-likeness (QED) is 0.618. The Bertz CT molecular complexity index is 473. The average molecular weight is 306 g/mol. The third-order valence-electron chi connectivity index (χ3n) is 3.32. The summed E-state index contributed by atoms with van der Waals surface area (Å²) >= 11 is 0. The first-order valence-electron chi connectivity index (χ1n) is 6.95. The molecule has 0 aromatic carbocycles. The molecule has 1 heterocycles. The van der Waals surface area contributed by atoms with Crippen LogP contribution in [0.3, 0.4) is 0 Å². The Morgan fingerprint density at radius 1 is 1.29 bits per heavy atom. The number of nitrogens with zero attached hydrogens (tertiary/aromatic N) is 2. The van der Waals surface area contributed by atoms with Gasteiger partial charge in [0, 0.05) is 12.8 Å². The molecule has 0 spiro atoms. The van der Waals surface area contributed by atoms with E-state index >= 15 is 0 Å². The summed E-state index contributed by atoms with van der Waals surface area (Å²) in [6, 6.07) is 0. The normalized spacial score (nSPS) is 20.5. The van der Waals surface area contributed by atoms with Crippen molar-refractivity contribution < 1.29 is 27.2 Å². The zero-order valence-electron chi connectivity index (χ0n) is 11.5. The molecule has 1 fully saturated rings. The molecule has 1 saturated carbocycles. The smallest absolute Gasteiger partial charge is 0.372 e. The second-order valence-electron chi connectivity index (χ2n) is 5.08. The minimum Gasteiger partial charge on any atom is -0.372 e. The third-order valence-corrected chi connectivity index (χ3v) is 3.32. The Morgan fingerprint density at radius 2 is 2.10 bits per heavy atom. The Hall–Kier alpha value is -1.44. The monoisotopic (exact) mass is 306 g/mol. The van der Waals surface area contributed by atoms with Crippen LogP contribution in [-0.4, -0.2) is 35.3 Å². The molecule has 1 aliphatic carbocycles. The number of alkyl halides is 3. The molecule has 1 aromatic rings. The molecule has 0 saturated heterocycles. The van der Waals surface area contributed by atoms with Crippen LogP contribution in [0.4, 0.5) is 13.2 Å². The highest BCUT2D eigenvalue weighted by Gasteiger charge is 2.28. The van der Waals surface area contributed by atoms with Crippen molar-refractivity contribution in [3.63, 3.8) is 0 Å². The van der Waals surface area contributed by atoms with Crippen LogP contribution in [0, 0.1) is 0 Å². The highest BCUT2D eigenvalue weighted by atomic mass is 19.4. The van der Waals surface area contributed by atoms with Crippen LogP contribution < -0.4 is 0 Å². The molecule has 1 atom stereocenters. The summed E-state index contributed by atoms with van der Waals surface area (Å²) < 4.78 is 45.2. The van der Waals surface area contributed by atoms with E-state index in [0.29, 0.717) is 12.8 Å². The maximum absolute atomic E-state index is 11.9. The lowest BCUT2D eigenvalue weighted by Gasteiger charge is -2.06. The van der Waals surface area contributed by atoms with Gasteiger partial charge in [-0.15, -0.1) is 0 Å². The number of Topliss-reactive ketones (excluding diaryl/α,β-unsaturated/α-hetero) is 1. The molecule has 0 aliphatic heterocycles. The molecule has 21 heavy (non-hydrogen) atoms. The summed E-state index contributed by atoms with van der Waals surface area (Å²) in [5.74, 6) is 0.262. The number of carbonyl (C=O) groups is 1. The number of halogens is 3. The molecule has 0 N–H and O–H groups in total. The van der Waals surface area contributed by atoms with E-state index in [9.17, 15) is 18.0 Å². The number of hydrogen-bond acceptors (Lipinski definition) is 5. The number of aromatic nitrogens is 2. The summed E-state index contributed by atoms with van der Waals surface area (Å²) in [6.07, 6.45) is -0.198. The minimum atomic E-state index is -4.34. The Kier molecular flexibility index (Phi) is 5.33. The van der Waals surface area contributed by atoms with Crippen LogP contribution >= 0.6 is 0 Å². The molecule has 5 nitrogen and oxygen atoms in total. The lowest BCUT2D eigenvalue weighted by molar-refractivity contribution is -0.173. The van der Waals surface area contributed by atoms with E-state index in [-0.39, 0.29) is 36.4 Å². The number of rotatable bonds is 5. The van der Waals surface area contributed by atoms with Gasteiger partial charge in [0.05, 0.1) is 12.5 Å². The largest absolute Gasteiger partial charge is 0.411 e. The van der Waals surface area contributed by atoms with Gasteiger partial charge < -0.3 is 9.26 Å². The number of ketones is 1. The average Bonchev–Trinajstić information content (AvgIpc) is 2.76. The Balaban J connectivity index is 1.84. The van der Waals surface area contributed by atoms with Crippen molar-refractivity contribution in [1.29, 1.82) is 0 Å². The Morgan fingerprint density at radius 3 is 2.86 bits per heavy atom. The summed E-state index contributed by atoms with van der Waals surface area (Å²) in [5.41, 5.74) is 0. The van der Waals surface area contributed by atoms with Crippen LogP contribution in [-0.2, 0) is 16.0 Å². The van der Waals surface area contributed by atoms with Gasteiger partial charge in [-0.05, 0) is 12.8 Å². The SMILES string of the molecule is O=C1CCCCCC1c1nc(CCOCC(F)(F)F)no1. The van der Waals surface area contributed by atoms with E-state index in [2.05, 4.69) is 14.9 Å². The van der Waals surface area contributed by atoms with Crippen LogP contribution in [0.2, 0.25) is 0 Å². The molecule has 1 unspecified atom stereocenters. The number of hydrogen-bond donors (Lipinski definition) is 0. The zero-order valence-corrected chi connectivity index (χ0v) is 11.5. The minimum absolute atomic E-state index is 0.0935. The summed E-state index contributed by atoms with van der Waals surface area (Å²) in [6.45, 7) is -1.43. The lowest BCUT2D eigenvalue weighted by Crippen LogP contribution is -2.18. The van der Waals surface area contributed by atoms with Gasteiger partial charge in [0.2, 0.25) is 5.89 Å². The van der Waals surface area contributed by atoms with Crippen molar-refractivity contribution in [2.75, 3.05) is 13.2 Å². The first kappa shape index (κ1) is 15.9. The molecule has 0 radical (unpaired) electrons. The van der Waals surface area contributed by atoms with E-state index in [1.54, 1.807) is 0 Å². The van der Waals surface area contributed by atoms with Crippen molar-refractivity contribution in [2.45, 2.75) is 50.6 Å². The highest BCUT2D eigenvalue weighted by Crippen LogP contribution is 2.27. The maximum atomic E-state index is 11.9. The van der Waals surface area contributed by atoms with Gasteiger partial charge in [0.25, 0.3) is 0 Å². The van der Waals surface area contributed by atoms with Crippen molar-refractivity contribution in [2.24, 2.45) is 0 Å². The van der Waals surface area contributed by atoms with Gasteiger partial charge >= 0.3 is 6.18 Å². The van der Waals surface area contributed by atoms with Gasteiger partial charge in [0.15, 0.2) is 5.82 Å². The molecular formula is C13H17F3N2O3. The van der Waals surface area contributed by atoms with E-state index in [0.717, 1.165) is 19.3 Å². The first-order chi connectivity index (χ1) is 9.96. The van der Waals surface area contributed by atoms with Gasteiger partial charge in [0.1, 0.15) is 12.4 Å². The molecular weight excluding hydrogens is 289 g/mol. The fourth-order valence-corrected chi connectivity index (χ4v) is 2.28. The molecule has 0 amide bonds. The fraction of sp³-hybridized carbons (Fsp3) is 0.769. The molecule has 1 aromatic heterocycles. The van der Waals surface area contributed by atoms with Crippen molar-refractivity contribution >= 4 is 5.78 Å². The zero-order chi connectivity index (χ0) is 15.3. The second-order valence-corrected chi connectivity index (χ2v) is 5.08. The fourth-order valence-electron chi connectivity index (χ4n) is 2.28. The van der Waals surface area contributed by atoms with E-state index in [1.807, 2.05) is 0 Å². The first-order valence-corrected chi connectivity index (χ1v) is 6.95. The summed E-state index contributed by atoms with van der Waals surface area (Å²) in [4.78, 5) is 16.0. The van der Waals surface area contributed by atoms with Crippen LogP contribution in [0.15, 0.2) is 4.52 Å². The topological polar surface area (TPSA) is 65.2 Å².